The van der Waals surface area contributed by atoms with Gasteiger partial charge in [-0.25, -0.2) is 0 Å². The van der Waals surface area contributed by atoms with Gasteiger partial charge in [-0.05, 0) is 67.1 Å². The van der Waals surface area contributed by atoms with Crippen LogP contribution in [-0.2, 0) is 0 Å². The number of ether oxygens (including phenoxy) is 1. The van der Waals surface area contributed by atoms with E-state index in [2.05, 4.69) is 26.5 Å². The minimum atomic E-state index is -0.214. The fraction of sp³-hybridized carbons (Fsp3) is 0.250. The molecule has 5 rings (SSSR count). The highest BCUT2D eigenvalue weighted by Gasteiger charge is 2.24. The highest BCUT2D eigenvalue weighted by molar-refractivity contribution is 6.08. The van der Waals surface area contributed by atoms with Gasteiger partial charge in [0.25, 0.3) is 11.8 Å². The number of fused-ring (bicyclic) bond motifs is 1. The summed E-state index contributed by atoms with van der Waals surface area (Å²) in [5.74, 6) is 0.484. The van der Waals surface area contributed by atoms with E-state index in [-0.39, 0.29) is 17.9 Å². The predicted molar refractivity (Wildman–Crippen MR) is 158 cm³/mol. The Balaban J connectivity index is 1.36. The molecule has 0 aromatic heterocycles. The van der Waals surface area contributed by atoms with Crippen LogP contribution < -0.4 is 25.2 Å². The Morgan fingerprint density at radius 1 is 0.744 bits per heavy atom. The maximum atomic E-state index is 13.3. The van der Waals surface area contributed by atoms with E-state index in [0.717, 1.165) is 54.1 Å². The molecule has 1 aliphatic rings. The van der Waals surface area contributed by atoms with Gasteiger partial charge in [0.2, 0.25) is 0 Å². The van der Waals surface area contributed by atoms with Crippen molar-refractivity contribution in [3.05, 3.63) is 96.1 Å². The normalized spacial score (nSPS) is 13.4. The molecule has 39 heavy (non-hydrogen) atoms. The van der Waals surface area contributed by atoms with Crippen molar-refractivity contribution in [3.63, 3.8) is 0 Å². The maximum Gasteiger partial charge on any atom is 0.255 e. The van der Waals surface area contributed by atoms with Crippen molar-refractivity contribution in [2.45, 2.75) is 19.9 Å². The molecular weight excluding hydrogens is 488 g/mol. The Morgan fingerprint density at radius 2 is 1.41 bits per heavy atom. The molecule has 4 aromatic carbocycles. The minimum absolute atomic E-state index is 0.0106. The predicted octanol–water partition coefficient (Wildman–Crippen LogP) is 5.57. The summed E-state index contributed by atoms with van der Waals surface area (Å²) in [6.45, 7) is 6.98. The van der Waals surface area contributed by atoms with Crippen LogP contribution in [0.2, 0.25) is 0 Å². The van der Waals surface area contributed by atoms with Gasteiger partial charge >= 0.3 is 0 Å². The van der Waals surface area contributed by atoms with Crippen LogP contribution in [0.1, 0.15) is 34.6 Å². The van der Waals surface area contributed by atoms with Gasteiger partial charge in [-0.3, -0.25) is 9.59 Å². The number of methoxy groups -OCH3 is 1. The molecule has 4 aromatic rings. The van der Waals surface area contributed by atoms with Gasteiger partial charge < -0.3 is 25.2 Å². The Bertz CT molecular complexity index is 1490. The van der Waals surface area contributed by atoms with Crippen molar-refractivity contribution >= 4 is 39.6 Å². The molecule has 7 nitrogen and oxygen atoms in total. The topological polar surface area (TPSA) is 73.9 Å². The third kappa shape index (κ3) is 5.82. The number of hydrogen-bond acceptors (Lipinski definition) is 5. The van der Waals surface area contributed by atoms with Crippen LogP contribution in [0.25, 0.3) is 10.8 Å². The number of carbonyl (C=O) groups is 2. The maximum absolute atomic E-state index is 13.3. The highest BCUT2D eigenvalue weighted by Crippen LogP contribution is 2.31. The molecule has 1 aliphatic heterocycles. The zero-order chi connectivity index (χ0) is 27.4. The quantitative estimate of drug-likeness (QED) is 0.332. The number of piperazine rings is 1. The van der Waals surface area contributed by atoms with Gasteiger partial charge in [-0.1, -0.05) is 42.5 Å². The van der Waals surface area contributed by atoms with E-state index in [1.54, 1.807) is 13.2 Å². The first-order valence-electron chi connectivity index (χ1n) is 13.3. The number of para-hydroxylation sites is 2. The zero-order valence-corrected chi connectivity index (χ0v) is 22.6. The van der Waals surface area contributed by atoms with Gasteiger partial charge in [-0.15, -0.1) is 0 Å². The molecule has 1 heterocycles. The first kappa shape index (κ1) is 26.1. The second-order valence-electron chi connectivity index (χ2n) is 10.0. The first-order valence-corrected chi connectivity index (χ1v) is 13.3. The molecule has 0 saturated carbocycles. The Labute approximate surface area is 229 Å². The summed E-state index contributed by atoms with van der Waals surface area (Å²) >= 11 is 0. The van der Waals surface area contributed by atoms with Crippen molar-refractivity contribution in [2.24, 2.45) is 0 Å². The molecule has 0 spiro atoms. The Morgan fingerprint density at radius 3 is 2.13 bits per heavy atom. The van der Waals surface area contributed by atoms with Crippen LogP contribution in [0.15, 0.2) is 84.9 Å². The SMILES string of the molecule is COc1ccccc1N1CCN(c2ccc(NC(=O)c3ccc4ccccc4c3)cc2C(=O)NC(C)C)CC1. The lowest BCUT2D eigenvalue weighted by molar-refractivity contribution is 0.0942. The van der Waals surface area contributed by atoms with Crippen LogP contribution in [0, 0.1) is 0 Å². The van der Waals surface area contributed by atoms with Crippen LogP contribution in [0.3, 0.4) is 0 Å². The molecule has 2 N–H and O–H groups in total. The summed E-state index contributed by atoms with van der Waals surface area (Å²) in [6.07, 6.45) is 0. The molecule has 1 saturated heterocycles. The van der Waals surface area contributed by atoms with Gasteiger partial charge in [0.1, 0.15) is 5.75 Å². The van der Waals surface area contributed by atoms with Gasteiger partial charge in [0.05, 0.1) is 18.4 Å². The number of benzene rings is 4. The van der Waals surface area contributed by atoms with Crippen molar-refractivity contribution in [1.29, 1.82) is 0 Å². The van der Waals surface area contributed by atoms with Gasteiger partial charge in [0, 0.05) is 49.2 Å². The molecule has 2 amide bonds. The average Bonchev–Trinajstić information content (AvgIpc) is 2.96. The van der Waals surface area contributed by atoms with Crippen LogP contribution >= 0.6 is 0 Å². The van der Waals surface area contributed by atoms with E-state index in [1.165, 1.54) is 0 Å². The molecule has 0 atom stereocenters. The fourth-order valence-electron chi connectivity index (χ4n) is 5.02. The third-order valence-electron chi connectivity index (χ3n) is 6.98. The van der Waals surface area contributed by atoms with Crippen molar-refractivity contribution in [2.75, 3.05) is 48.4 Å². The van der Waals surface area contributed by atoms with Crippen molar-refractivity contribution < 1.29 is 14.3 Å². The molecule has 0 bridgehead atoms. The van der Waals surface area contributed by atoms with Crippen LogP contribution in [-0.4, -0.2) is 51.1 Å². The largest absolute Gasteiger partial charge is 0.495 e. The number of anilines is 3. The number of carbonyl (C=O) groups excluding carboxylic acids is 2. The minimum Gasteiger partial charge on any atom is -0.495 e. The zero-order valence-electron chi connectivity index (χ0n) is 22.6. The smallest absolute Gasteiger partial charge is 0.255 e. The Kier molecular flexibility index (Phi) is 7.68. The van der Waals surface area contributed by atoms with E-state index in [9.17, 15) is 9.59 Å². The first-order chi connectivity index (χ1) is 18.9. The molecule has 200 valence electrons. The van der Waals surface area contributed by atoms with Gasteiger partial charge in [0.15, 0.2) is 0 Å². The second-order valence-corrected chi connectivity index (χ2v) is 10.0. The summed E-state index contributed by atoms with van der Waals surface area (Å²) in [5.41, 5.74) is 3.63. The molecule has 0 aliphatic carbocycles. The number of nitrogens with zero attached hydrogens (tertiary/aromatic N) is 2. The lowest BCUT2D eigenvalue weighted by Gasteiger charge is -2.38. The monoisotopic (exact) mass is 522 g/mol. The summed E-state index contributed by atoms with van der Waals surface area (Å²) in [7, 11) is 1.69. The van der Waals surface area contributed by atoms with E-state index >= 15 is 0 Å². The summed E-state index contributed by atoms with van der Waals surface area (Å²) in [6, 6.07) is 27.2. The lowest BCUT2D eigenvalue weighted by Crippen LogP contribution is -2.47. The van der Waals surface area contributed by atoms with Crippen molar-refractivity contribution in [3.8, 4) is 5.75 Å². The highest BCUT2D eigenvalue weighted by atomic mass is 16.5. The van der Waals surface area contributed by atoms with E-state index in [0.29, 0.717) is 16.8 Å². The number of nitrogens with one attached hydrogen (secondary N) is 2. The van der Waals surface area contributed by atoms with Gasteiger partial charge in [-0.2, -0.15) is 0 Å². The van der Waals surface area contributed by atoms with E-state index in [1.807, 2.05) is 86.6 Å². The summed E-state index contributed by atoms with van der Waals surface area (Å²) < 4.78 is 5.55. The molecule has 7 heteroatoms. The van der Waals surface area contributed by atoms with E-state index in [4.69, 9.17) is 4.74 Å². The second kappa shape index (κ2) is 11.5. The number of rotatable bonds is 7. The fourth-order valence-corrected chi connectivity index (χ4v) is 5.02. The van der Waals surface area contributed by atoms with E-state index < -0.39 is 0 Å². The number of amides is 2. The number of hydrogen-bond donors (Lipinski definition) is 2. The average molecular weight is 523 g/mol. The Hall–Kier alpha value is -4.52. The van der Waals surface area contributed by atoms with Crippen LogP contribution in [0.5, 0.6) is 5.75 Å². The molecule has 0 radical (unpaired) electrons. The molecule has 1 fully saturated rings. The lowest BCUT2D eigenvalue weighted by atomic mass is 10.1. The summed E-state index contributed by atoms with van der Waals surface area (Å²) in [5, 5.41) is 8.08. The van der Waals surface area contributed by atoms with Crippen LogP contribution in [0.4, 0.5) is 17.1 Å². The standard InChI is InChI=1S/C32H34N4O3/c1-22(2)33-32(38)27-21-26(34-31(37)25-13-12-23-8-4-5-9-24(23)20-25)14-15-28(27)35-16-18-36(19-17-35)29-10-6-7-11-30(29)39-3/h4-15,20-22H,16-19H2,1-3H3,(H,33,38)(H,34,37). The van der Waals surface area contributed by atoms with Crippen molar-refractivity contribution in [1.82, 2.24) is 5.32 Å². The third-order valence-corrected chi connectivity index (χ3v) is 6.98. The molecule has 0 unspecified atom stereocenters. The summed E-state index contributed by atoms with van der Waals surface area (Å²) in [4.78, 5) is 30.9. The molecular formula is C32H34N4O3.